The molecule has 1 N–H and O–H groups in total. The number of benzene rings is 3. The number of rotatable bonds is 11. The predicted molar refractivity (Wildman–Crippen MR) is 156 cm³/mol. The Labute approximate surface area is 241 Å². The first-order chi connectivity index (χ1) is 19.6. The third kappa shape index (κ3) is 7.43. The van der Waals surface area contributed by atoms with Crippen LogP contribution in [0.3, 0.4) is 0 Å². The number of hydrogen-bond donors (Lipinski definition) is 1. The average Bonchev–Trinajstić information content (AvgIpc) is 3.48. The molecule has 1 atom stereocenters. The molecule has 0 spiro atoms. The minimum absolute atomic E-state index is 0.000597. The number of ether oxygens (including phenoxy) is 1. The van der Waals surface area contributed by atoms with Crippen LogP contribution in [0.5, 0.6) is 5.75 Å². The van der Waals surface area contributed by atoms with E-state index in [-0.39, 0.29) is 29.1 Å². The second-order valence-electron chi connectivity index (χ2n) is 10.3. The van der Waals surface area contributed by atoms with Crippen LogP contribution < -0.4 is 14.4 Å². The topological polar surface area (TPSA) is 96.0 Å². The van der Waals surface area contributed by atoms with Crippen molar-refractivity contribution in [3.05, 3.63) is 89.7 Å². The molecule has 218 valence electrons. The van der Waals surface area contributed by atoms with Crippen LogP contribution in [0.25, 0.3) is 0 Å². The van der Waals surface area contributed by atoms with Gasteiger partial charge in [0.2, 0.25) is 11.8 Å². The van der Waals surface area contributed by atoms with Gasteiger partial charge in [-0.25, -0.2) is 12.8 Å². The number of methoxy groups -OCH3 is 1. The number of amides is 2. The maximum Gasteiger partial charge on any atom is 0.264 e. The molecule has 1 aliphatic carbocycles. The molecule has 0 unspecified atom stereocenters. The molecule has 0 aromatic heterocycles. The van der Waals surface area contributed by atoms with Gasteiger partial charge in [0.05, 0.1) is 17.7 Å². The number of anilines is 1. The summed E-state index contributed by atoms with van der Waals surface area (Å²) in [6, 6.07) is 17.6. The molecule has 0 saturated heterocycles. The quantitative estimate of drug-likeness (QED) is 0.351. The summed E-state index contributed by atoms with van der Waals surface area (Å²) in [4.78, 5) is 28.6. The van der Waals surface area contributed by atoms with Crippen LogP contribution in [0.15, 0.2) is 77.7 Å². The molecule has 3 aromatic carbocycles. The minimum atomic E-state index is -4.17. The molecule has 2 amide bonds. The summed E-state index contributed by atoms with van der Waals surface area (Å²) in [5, 5.41) is 3.03. The third-order valence-corrected chi connectivity index (χ3v) is 9.17. The van der Waals surface area contributed by atoms with Gasteiger partial charge in [-0.3, -0.25) is 13.9 Å². The zero-order valence-corrected chi connectivity index (χ0v) is 24.4. The number of sulfonamides is 1. The van der Waals surface area contributed by atoms with Gasteiger partial charge in [0.15, 0.2) is 0 Å². The first kappa shape index (κ1) is 30.0. The Hall–Kier alpha value is -3.92. The highest BCUT2D eigenvalue weighted by Crippen LogP contribution is 2.27. The Bertz CT molecular complexity index is 1440. The first-order valence-electron chi connectivity index (χ1n) is 13.7. The van der Waals surface area contributed by atoms with E-state index in [1.165, 1.54) is 36.3 Å². The van der Waals surface area contributed by atoms with Gasteiger partial charge in [-0.15, -0.1) is 0 Å². The second kappa shape index (κ2) is 13.2. The van der Waals surface area contributed by atoms with E-state index in [9.17, 15) is 22.4 Å². The maximum atomic E-state index is 14.0. The smallest absolute Gasteiger partial charge is 0.264 e. The van der Waals surface area contributed by atoms with Crippen molar-refractivity contribution in [3.8, 4) is 5.75 Å². The molecule has 10 heteroatoms. The van der Waals surface area contributed by atoms with E-state index >= 15 is 0 Å². The van der Waals surface area contributed by atoms with Crippen LogP contribution in [0, 0.1) is 12.7 Å². The normalized spacial score (nSPS) is 14.3. The summed E-state index contributed by atoms with van der Waals surface area (Å²) >= 11 is 0. The fraction of sp³-hybridized carbons (Fsp3) is 0.355. The summed E-state index contributed by atoms with van der Waals surface area (Å²) < 4.78 is 47.6. The highest BCUT2D eigenvalue weighted by molar-refractivity contribution is 7.92. The molecule has 0 heterocycles. The van der Waals surface area contributed by atoms with Crippen molar-refractivity contribution < 1.29 is 27.1 Å². The zero-order valence-electron chi connectivity index (χ0n) is 23.5. The van der Waals surface area contributed by atoms with Crippen molar-refractivity contribution >= 4 is 27.5 Å². The Kier molecular flexibility index (Phi) is 9.65. The minimum Gasteiger partial charge on any atom is -0.497 e. The Balaban J connectivity index is 1.68. The van der Waals surface area contributed by atoms with Gasteiger partial charge < -0.3 is 15.0 Å². The Morgan fingerprint density at radius 1 is 0.976 bits per heavy atom. The van der Waals surface area contributed by atoms with Crippen molar-refractivity contribution in [2.75, 3.05) is 18.0 Å². The number of nitrogens with one attached hydrogen (secondary N) is 1. The Morgan fingerprint density at radius 3 is 2.17 bits per heavy atom. The van der Waals surface area contributed by atoms with E-state index in [4.69, 9.17) is 4.74 Å². The maximum absolute atomic E-state index is 14.0. The number of carbonyl (C=O) groups excluding carboxylic acids is 2. The lowest BCUT2D eigenvalue weighted by atomic mass is 10.1. The van der Waals surface area contributed by atoms with Gasteiger partial charge in [0.25, 0.3) is 10.0 Å². The molecule has 1 saturated carbocycles. The van der Waals surface area contributed by atoms with Crippen LogP contribution in [0.4, 0.5) is 10.1 Å². The lowest BCUT2D eigenvalue weighted by Gasteiger charge is -2.32. The summed E-state index contributed by atoms with van der Waals surface area (Å²) in [5.41, 5.74) is 1.77. The zero-order chi connectivity index (χ0) is 29.6. The monoisotopic (exact) mass is 581 g/mol. The molecule has 3 aromatic rings. The van der Waals surface area contributed by atoms with Crippen LogP contribution in [0.1, 0.15) is 43.7 Å². The van der Waals surface area contributed by atoms with E-state index in [1.54, 1.807) is 55.5 Å². The standard InChI is InChI=1S/C31H36FN3O5S/c1-22-8-18-29(19-9-22)41(38,39)35(27-14-16-28(40-3)17-15-27)21-30(36)34(20-24-10-12-25(32)13-11-24)23(2)31(37)33-26-6-4-5-7-26/h8-19,23,26H,4-7,20-21H2,1-3H3,(H,33,37)/t23-/m0/s1. The molecular formula is C31H36FN3O5S. The highest BCUT2D eigenvalue weighted by Gasteiger charge is 2.33. The Morgan fingerprint density at radius 2 is 1.59 bits per heavy atom. The molecule has 4 rings (SSSR count). The van der Waals surface area contributed by atoms with Gasteiger partial charge in [-0.05, 0) is 80.8 Å². The summed E-state index contributed by atoms with van der Waals surface area (Å²) in [7, 11) is -2.66. The number of carbonyl (C=O) groups is 2. The van der Waals surface area contributed by atoms with Crippen molar-refractivity contribution in [1.29, 1.82) is 0 Å². The first-order valence-corrected chi connectivity index (χ1v) is 15.1. The van der Waals surface area contributed by atoms with Crippen molar-refractivity contribution in [2.45, 2.75) is 63.1 Å². The van der Waals surface area contributed by atoms with Gasteiger partial charge in [-0.1, -0.05) is 42.7 Å². The molecule has 0 radical (unpaired) electrons. The third-order valence-electron chi connectivity index (χ3n) is 7.38. The van der Waals surface area contributed by atoms with Gasteiger partial charge in [0, 0.05) is 12.6 Å². The van der Waals surface area contributed by atoms with Crippen LogP contribution in [0.2, 0.25) is 0 Å². The number of nitrogens with zero attached hydrogens (tertiary/aromatic N) is 2. The number of halogens is 1. The SMILES string of the molecule is COc1ccc(N(CC(=O)N(Cc2ccc(F)cc2)[C@@H](C)C(=O)NC2CCCC2)S(=O)(=O)c2ccc(C)cc2)cc1. The summed E-state index contributed by atoms with van der Waals surface area (Å²) in [6.07, 6.45) is 3.82. The van der Waals surface area contributed by atoms with Crippen LogP contribution >= 0.6 is 0 Å². The van der Waals surface area contributed by atoms with E-state index < -0.39 is 34.3 Å². The molecule has 0 bridgehead atoms. The van der Waals surface area contributed by atoms with Crippen LogP contribution in [-0.2, 0) is 26.2 Å². The average molecular weight is 582 g/mol. The largest absolute Gasteiger partial charge is 0.497 e. The fourth-order valence-electron chi connectivity index (χ4n) is 4.88. The molecule has 0 aliphatic heterocycles. The molecule has 41 heavy (non-hydrogen) atoms. The molecule has 8 nitrogen and oxygen atoms in total. The molecular weight excluding hydrogens is 545 g/mol. The molecule has 1 fully saturated rings. The predicted octanol–water partition coefficient (Wildman–Crippen LogP) is 4.81. The lowest BCUT2D eigenvalue weighted by Crippen LogP contribution is -2.52. The summed E-state index contributed by atoms with van der Waals surface area (Å²) in [6.45, 7) is 2.93. The van der Waals surface area contributed by atoms with E-state index in [0.29, 0.717) is 11.3 Å². The second-order valence-corrected chi connectivity index (χ2v) is 12.2. The van der Waals surface area contributed by atoms with E-state index in [0.717, 1.165) is 35.6 Å². The summed E-state index contributed by atoms with van der Waals surface area (Å²) in [5.74, 6) is -0.781. The fourth-order valence-corrected chi connectivity index (χ4v) is 6.29. The number of aryl methyl sites for hydroxylation is 1. The van der Waals surface area contributed by atoms with Gasteiger partial charge in [-0.2, -0.15) is 0 Å². The van der Waals surface area contributed by atoms with Crippen molar-refractivity contribution in [1.82, 2.24) is 10.2 Å². The van der Waals surface area contributed by atoms with E-state index in [2.05, 4.69) is 5.32 Å². The lowest BCUT2D eigenvalue weighted by molar-refractivity contribution is -0.139. The van der Waals surface area contributed by atoms with Gasteiger partial charge >= 0.3 is 0 Å². The van der Waals surface area contributed by atoms with Gasteiger partial charge in [0.1, 0.15) is 24.2 Å². The van der Waals surface area contributed by atoms with Crippen molar-refractivity contribution in [3.63, 3.8) is 0 Å². The van der Waals surface area contributed by atoms with E-state index in [1.807, 2.05) is 6.92 Å². The number of hydrogen-bond acceptors (Lipinski definition) is 5. The van der Waals surface area contributed by atoms with Crippen molar-refractivity contribution in [2.24, 2.45) is 0 Å². The molecule has 1 aliphatic rings. The highest BCUT2D eigenvalue weighted by atomic mass is 32.2. The van der Waals surface area contributed by atoms with Crippen LogP contribution in [-0.4, -0.2) is 50.9 Å².